The molecule has 0 aliphatic carbocycles. The number of hydrogen-bond acceptors (Lipinski definition) is 8. The van der Waals surface area contributed by atoms with Crippen molar-refractivity contribution in [1.82, 2.24) is 4.98 Å². The summed E-state index contributed by atoms with van der Waals surface area (Å²) in [6, 6.07) is 18.7. The number of fused-ring (bicyclic) bond motifs is 1. The number of rotatable bonds is 17. The molecule has 286 valence electrons. The standard InChI is InChI=1S/C20H33NOS.C18H19NO6.C2H6.C2H2/c1-5-7-11-20(12-8-6-2)15-23-18-10-9-17(21(3)4)13-16(18)14-19(20)22;20-17(21)15-11-14(12-16(19-15)18(22)23)25-10-6-2-5-9-24-13-7-3-1-4-8-13;2*1-2/h9-10,13,19,22H,5-8,11-12,14-15H2,1-4H3;1,3-4,7-8,11-12H,2,5-6,9-10H2,(H,20,21)(H,22,23);1-2H3;1-2H/t19-;;;/m1.../s1. The van der Waals surface area contributed by atoms with Crippen LogP contribution in [-0.2, 0) is 6.42 Å². The van der Waals surface area contributed by atoms with E-state index < -0.39 is 11.9 Å². The van der Waals surface area contributed by atoms with Crippen LogP contribution >= 0.6 is 11.8 Å². The highest BCUT2D eigenvalue weighted by Crippen LogP contribution is 2.45. The highest BCUT2D eigenvalue weighted by Gasteiger charge is 2.39. The summed E-state index contributed by atoms with van der Waals surface area (Å²) >= 11 is 1.96. The van der Waals surface area contributed by atoms with Crippen molar-refractivity contribution in [2.45, 2.75) is 103 Å². The van der Waals surface area contributed by atoms with E-state index in [-0.39, 0.29) is 28.7 Å². The van der Waals surface area contributed by atoms with Gasteiger partial charge in [-0.25, -0.2) is 14.6 Å². The molecule has 1 aromatic heterocycles. The molecule has 4 rings (SSSR count). The Balaban J connectivity index is 0.000000476. The number of terminal acetylenes is 1. The summed E-state index contributed by atoms with van der Waals surface area (Å²) in [5.74, 6) is -0.525. The summed E-state index contributed by atoms with van der Waals surface area (Å²) < 4.78 is 11.0. The third kappa shape index (κ3) is 15.6. The summed E-state index contributed by atoms with van der Waals surface area (Å²) in [4.78, 5) is 29.0. The Bertz CT molecular complexity index is 1440. The fourth-order valence-corrected chi connectivity index (χ4v) is 7.05. The van der Waals surface area contributed by atoms with Crippen molar-refractivity contribution in [2.75, 3.05) is 38.0 Å². The second-order valence-corrected chi connectivity index (χ2v) is 13.5. The van der Waals surface area contributed by atoms with Crippen LogP contribution in [0.1, 0.15) is 112 Å². The number of unbranched alkanes of at least 4 members (excludes halogenated alkanes) is 4. The number of aromatic nitrogens is 1. The van der Waals surface area contributed by atoms with Crippen LogP contribution in [0, 0.1) is 18.3 Å². The van der Waals surface area contributed by atoms with Gasteiger partial charge in [0.15, 0.2) is 11.4 Å². The molecule has 1 aliphatic heterocycles. The van der Waals surface area contributed by atoms with E-state index in [1.807, 2.05) is 55.9 Å². The van der Waals surface area contributed by atoms with Crippen LogP contribution < -0.4 is 14.4 Å². The van der Waals surface area contributed by atoms with Gasteiger partial charge in [0.05, 0.1) is 19.3 Å². The third-order valence-corrected chi connectivity index (χ3v) is 9.99. The van der Waals surface area contributed by atoms with E-state index in [0.29, 0.717) is 13.2 Å². The van der Waals surface area contributed by atoms with E-state index >= 15 is 0 Å². The molecule has 9 nitrogen and oxygen atoms in total. The van der Waals surface area contributed by atoms with Crippen molar-refractivity contribution < 1.29 is 34.4 Å². The third-order valence-electron chi connectivity index (χ3n) is 8.56. The Morgan fingerprint density at radius 2 is 1.37 bits per heavy atom. The molecule has 3 N–H and O–H groups in total. The average molecular weight is 737 g/mol. The molecule has 1 atom stereocenters. The lowest BCUT2D eigenvalue weighted by Crippen LogP contribution is -2.38. The predicted octanol–water partition coefficient (Wildman–Crippen LogP) is 9.51. The van der Waals surface area contributed by atoms with E-state index in [2.05, 4.69) is 68.9 Å². The van der Waals surface area contributed by atoms with Crippen molar-refractivity contribution in [3.05, 3.63) is 77.6 Å². The largest absolute Gasteiger partial charge is 0.494 e. The maximum atomic E-state index is 11.1. The zero-order valence-electron chi connectivity index (χ0n) is 32.0. The molecule has 0 saturated heterocycles. The molecule has 10 heteroatoms. The minimum absolute atomic E-state index is 0.0913. The fraction of sp³-hybridized carbons (Fsp3) is 0.500. The number of pyridine rings is 1. The molecule has 1 aliphatic rings. The molecule has 0 radical (unpaired) electrons. The number of hydrogen-bond donors (Lipinski definition) is 3. The monoisotopic (exact) mass is 736 g/mol. The second-order valence-electron chi connectivity index (χ2n) is 12.5. The van der Waals surface area contributed by atoms with Crippen LogP contribution in [0.5, 0.6) is 11.5 Å². The number of carbonyl (C=O) groups is 2. The van der Waals surface area contributed by atoms with Crippen LogP contribution in [0.3, 0.4) is 0 Å². The van der Waals surface area contributed by atoms with Gasteiger partial charge in [-0.15, -0.1) is 24.6 Å². The van der Waals surface area contributed by atoms with Gasteiger partial charge < -0.3 is 29.7 Å². The van der Waals surface area contributed by atoms with Crippen molar-refractivity contribution in [3.63, 3.8) is 0 Å². The van der Waals surface area contributed by atoms with Crippen molar-refractivity contribution in [1.29, 1.82) is 0 Å². The van der Waals surface area contributed by atoms with E-state index in [1.54, 1.807) is 0 Å². The van der Waals surface area contributed by atoms with Gasteiger partial charge in [-0.1, -0.05) is 71.6 Å². The normalized spacial score (nSPS) is 13.9. The number of aliphatic hydroxyl groups is 1. The molecule has 0 bridgehead atoms. The molecule has 52 heavy (non-hydrogen) atoms. The Hall–Kier alpha value is -4.20. The van der Waals surface area contributed by atoms with Gasteiger partial charge in [-0.3, -0.25) is 0 Å². The Kier molecular flexibility index (Phi) is 22.6. The lowest BCUT2D eigenvalue weighted by Gasteiger charge is -2.37. The zero-order valence-corrected chi connectivity index (χ0v) is 32.8. The Morgan fingerprint density at radius 3 is 1.87 bits per heavy atom. The first kappa shape index (κ1) is 45.8. The molecule has 0 saturated carbocycles. The number of anilines is 1. The first-order chi connectivity index (χ1) is 25.1. The van der Waals surface area contributed by atoms with Gasteiger partial charge in [-0.2, -0.15) is 0 Å². The van der Waals surface area contributed by atoms with Gasteiger partial charge in [-0.05, 0) is 68.0 Å². The molecule has 3 aromatic rings. The highest BCUT2D eigenvalue weighted by atomic mass is 32.2. The number of thioether (sulfide) groups is 1. The highest BCUT2D eigenvalue weighted by molar-refractivity contribution is 7.99. The minimum Gasteiger partial charge on any atom is -0.494 e. The average Bonchev–Trinajstić information content (AvgIpc) is 3.30. The fourth-order valence-electron chi connectivity index (χ4n) is 5.63. The van der Waals surface area contributed by atoms with Crippen LogP contribution in [0.2, 0.25) is 0 Å². The second kappa shape index (κ2) is 25.7. The molecular formula is C42H60N2O7S. The number of benzene rings is 2. The number of nitrogens with zero attached hydrogens (tertiary/aromatic N) is 2. The van der Waals surface area contributed by atoms with Crippen molar-refractivity contribution >= 4 is 29.4 Å². The number of ether oxygens (including phenoxy) is 2. The van der Waals surface area contributed by atoms with Gasteiger partial charge in [0.1, 0.15) is 11.5 Å². The van der Waals surface area contributed by atoms with Gasteiger partial charge in [0.25, 0.3) is 0 Å². The van der Waals surface area contributed by atoms with Crippen LogP contribution in [0.4, 0.5) is 5.69 Å². The Morgan fingerprint density at radius 1 is 0.827 bits per heavy atom. The summed E-state index contributed by atoms with van der Waals surface area (Å²) in [5, 5.41) is 29.0. The smallest absolute Gasteiger partial charge is 0.354 e. The first-order valence-electron chi connectivity index (χ1n) is 18.3. The van der Waals surface area contributed by atoms with E-state index in [4.69, 9.17) is 19.7 Å². The minimum atomic E-state index is -1.30. The molecule has 0 unspecified atom stereocenters. The van der Waals surface area contributed by atoms with E-state index in [0.717, 1.165) is 50.0 Å². The van der Waals surface area contributed by atoms with Crippen molar-refractivity contribution in [3.8, 4) is 24.3 Å². The number of carboxylic acid groups (broad SMARTS) is 2. The van der Waals surface area contributed by atoms with Gasteiger partial charge in [0, 0.05) is 54.4 Å². The van der Waals surface area contributed by atoms with E-state index in [9.17, 15) is 14.7 Å². The zero-order chi connectivity index (χ0) is 38.9. The summed E-state index contributed by atoms with van der Waals surface area (Å²) in [5.41, 5.74) is 1.93. The quantitative estimate of drug-likeness (QED) is 0.0910. The van der Waals surface area contributed by atoms with Gasteiger partial charge in [0.2, 0.25) is 0 Å². The summed E-state index contributed by atoms with van der Waals surface area (Å²) in [6.07, 6.45) is 18.2. The number of aromatic carboxylic acids is 2. The molecule has 2 aromatic carbocycles. The topological polar surface area (TPSA) is 129 Å². The van der Waals surface area contributed by atoms with Crippen LogP contribution in [0.25, 0.3) is 0 Å². The summed E-state index contributed by atoms with van der Waals surface area (Å²) in [6.45, 7) is 9.46. The number of carboxylic acids is 2. The van der Waals surface area contributed by atoms with Crippen molar-refractivity contribution in [2.24, 2.45) is 5.41 Å². The molecule has 2 heterocycles. The lowest BCUT2D eigenvalue weighted by molar-refractivity contribution is 0.0259. The first-order valence-corrected chi connectivity index (χ1v) is 19.3. The van der Waals surface area contributed by atoms with Gasteiger partial charge >= 0.3 is 11.9 Å². The predicted molar refractivity (Wildman–Crippen MR) is 213 cm³/mol. The summed E-state index contributed by atoms with van der Waals surface area (Å²) in [7, 11) is 4.16. The van der Waals surface area contributed by atoms with Crippen LogP contribution in [-0.4, -0.2) is 71.4 Å². The molecular weight excluding hydrogens is 677 g/mol. The Labute approximate surface area is 316 Å². The number of para-hydroxylation sites is 1. The number of aliphatic hydroxyl groups excluding tert-OH is 1. The molecule has 0 spiro atoms. The molecule has 0 fully saturated rings. The van der Waals surface area contributed by atoms with E-state index in [1.165, 1.54) is 54.0 Å². The SMILES string of the molecule is C#C.CC.CCCCC1(CCCC)CSc2ccc(N(C)C)cc2C[C@H]1O.O=C(O)c1cc(OCCCCCOc2ccccc2)cc(C(=O)O)n1. The maximum absolute atomic E-state index is 11.1. The lowest BCUT2D eigenvalue weighted by atomic mass is 9.73. The van der Waals surface area contributed by atoms with Crippen LogP contribution in [0.15, 0.2) is 65.6 Å². The molecule has 0 amide bonds. The maximum Gasteiger partial charge on any atom is 0.354 e.